The van der Waals surface area contributed by atoms with Crippen LogP contribution in [0.3, 0.4) is 0 Å². The lowest BCUT2D eigenvalue weighted by Crippen LogP contribution is -2.40. The maximum Gasteiger partial charge on any atom is 0.321 e. The van der Waals surface area contributed by atoms with Gasteiger partial charge in [-0.15, -0.1) is 11.3 Å². The Morgan fingerprint density at radius 3 is 2.91 bits per heavy atom. The molecule has 114 valence electrons. The first-order chi connectivity index (χ1) is 10.6. The second-order valence-electron chi connectivity index (χ2n) is 5.42. The average molecular weight is 314 g/mol. The number of thiazole rings is 1. The maximum absolute atomic E-state index is 12.2. The van der Waals surface area contributed by atoms with Crippen LogP contribution in [0.15, 0.2) is 35.8 Å². The molecule has 2 heterocycles. The minimum Gasteiger partial charge on any atom is -0.351 e. The Morgan fingerprint density at radius 1 is 1.41 bits per heavy atom. The van der Waals surface area contributed by atoms with Crippen molar-refractivity contribution in [3.05, 3.63) is 35.8 Å². The standard InChI is InChI=1S/C16H18N4OS/c1-10(2)18-16(21)20(3)13-6-4-5-11-9-12(19-14(11)13)15-17-7-8-22-15/h4-10,19H,1-3H3,(H,18,21). The van der Waals surface area contributed by atoms with Gasteiger partial charge in [0.15, 0.2) is 0 Å². The van der Waals surface area contributed by atoms with Gasteiger partial charge in [-0.25, -0.2) is 9.78 Å². The first-order valence-electron chi connectivity index (χ1n) is 7.12. The van der Waals surface area contributed by atoms with E-state index in [4.69, 9.17) is 0 Å². The van der Waals surface area contributed by atoms with Gasteiger partial charge in [0, 0.05) is 30.1 Å². The summed E-state index contributed by atoms with van der Waals surface area (Å²) in [6.07, 6.45) is 1.79. The highest BCUT2D eigenvalue weighted by molar-refractivity contribution is 7.13. The summed E-state index contributed by atoms with van der Waals surface area (Å²) in [7, 11) is 1.77. The van der Waals surface area contributed by atoms with Crippen LogP contribution in [0.1, 0.15) is 13.8 Å². The number of fused-ring (bicyclic) bond motifs is 1. The first kappa shape index (κ1) is 14.6. The number of benzene rings is 1. The van der Waals surface area contributed by atoms with Crippen molar-refractivity contribution in [3.63, 3.8) is 0 Å². The summed E-state index contributed by atoms with van der Waals surface area (Å²) < 4.78 is 0. The Balaban J connectivity index is 2.01. The Labute approximate surface area is 133 Å². The van der Waals surface area contributed by atoms with Crippen molar-refractivity contribution in [1.29, 1.82) is 0 Å². The fraction of sp³-hybridized carbons (Fsp3) is 0.250. The zero-order chi connectivity index (χ0) is 15.7. The van der Waals surface area contributed by atoms with Gasteiger partial charge in [0.2, 0.25) is 0 Å². The molecule has 2 N–H and O–H groups in total. The molecule has 5 nitrogen and oxygen atoms in total. The summed E-state index contributed by atoms with van der Waals surface area (Å²) in [4.78, 5) is 21.6. The monoisotopic (exact) mass is 314 g/mol. The number of rotatable bonds is 3. The number of urea groups is 1. The van der Waals surface area contributed by atoms with Crippen LogP contribution in [0.2, 0.25) is 0 Å². The largest absolute Gasteiger partial charge is 0.351 e. The number of H-pyrrole nitrogens is 1. The quantitative estimate of drug-likeness (QED) is 0.771. The van der Waals surface area contributed by atoms with Crippen LogP contribution >= 0.6 is 11.3 Å². The maximum atomic E-state index is 12.2. The summed E-state index contributed by atoms with van der Waals surface area (Å²) in [5.41, 5.74) is 2.75. The lowest BCUT2D eigenvalue weighted by molar-refractivity contribution is 0.245. The third-order valence-corrected chi connectivity index (χ3v) is 4.18. The van der Waals surface area contributed by atoms with Crippen LogP contribution in [0.4, 0.5) is 10.5 Å². The second-order valence-corrected chi connectivity index (χ2v) is 6.32. The van der Waals surface area contributed by atoms with E-state index in [1.165, 1.54) is 0 Å². The van der Waals surface area contributed by atoms with E-state index in [0.29, 0.717) is 0 Å². The van der Waals surface area contributed by atoms with E-state index >= 15 is 0 Å². The number of hydrogen-bond acceptors (Lipinski definition) is 3. The van der Waals surface area contributed by atoms with E-state index < -0.39 is 0 Å². The normalized spacial score (nSPS) is 11.1. The van der Waals surface area contributed by atoms with Crippen molar-refractivity contribution in [3.8, 4) is 10.7 Å². The third kappa shape index (κ3) is 2.69. The molecule has 2 amide bonds. The van der Waals surface area contributed by atoms with Crippen LogP contribution in [0.25, 0.3) is 21.6 Å². The Hall–Kier alpha value is -2.34. The van der Waals surface area contributed by atoms with Crippen molar-refractivity contribution in [2.75, 3.05) is 11.9 Å². The van der Waals surface area contributed by atoms with E-state index in [0.717, 1.165) is 27.3 Å². The highest BCUT2D eigenvalue weighted by Crippen LogP contribution is 2.31. The molecule has 0 saturated heterocycles. The van der Waals surface area contributed by atoms with Gasteiger partial charge < -0.3 is 10.3 Å². The number of hydrogen-bond donors (Lipinski definition) is 2. The minimum atomic E-state index is -0.118. The van der Waals surface area contributed by atoms with Crippen LogP contribution in [0.5, 0.6) is 0 Å². The number of carbonyl (C=O) groups excluding carboxylic acids is 1. The van der Waals surface area contributed by atoms with Gasteiger partial charge in [-0.3, -0.25) is 4.90 Å². The molecule has 0 bridgehead atoms. The molecule has 0 aliphatic heterocycles. The molecule has 0 saturated carbocycles. The molecule has 0 unspecified atom stereocenters. The summed E-state index contributed by atoms with van der Waals surface area (Å²) in [6, 6.07) is 7.96. The predicted molar refractivity (Wildman–Crippen MR) is 91.5 cm³/mol. The number of para-hydroxylation sites is 1. The molecular formula is C16H18N4OS. The van der Waals surface area contributed by atoms with Crippen LogP contribution < -0.4 is 10.2 Å². The summed E-state index contributed by atoms with van der Waals surface area (Å²) in [5, 5.41) is 6.85. The van der Waals surface area contributed by atoms with E-state index in [-0.39, 0.29) is 12.1 Å². The zero-order valence-electron chi connectivity index (χ0n) is 12.8. The molecule has 2 aromatic heterocycles. The molecule has 22 heavy (non-hydrogen) atoms. The number of anilines is 1. The van der Waals surface area contributed by atoms with E-state index in [9.17, 15) is 4.79 Å². The topological polar surface area (TPSA) is 61.0 Å². The molecule has 0 aliphatic carbocycles. The van der Waals surface area contributed by atoms with Gasteiger partial charge in [-0.05, 0) is 26.0 Å². The van der Waals surface area contributed by atoms with Crippen molar-refractivity contribution >= 4 is 34.0 Å². The molecule has 0 spiro atoms. The number of nitrogens with zero attached hydrogens (tertiary/aromatic N) is 2. The first-order valence-corrected chi connectivity index (χ1v) is 8.00. The van der Waals surface area contributed by atoms with Crippen molar-refractivity contribution in [1.82, 2.24) is 15.3 Å². The van der Waals surface area contributed by atoms with Crippen LogP contribution in [-0.4, -0.2) is 29.1 Å². The van der Waals surface area contributed by atoms with Crippen molar-refractivity contribution in [2.45, 2.75) is 19.9 Å². The predicted octanol–water partition coefficient (Wildman–Crippen LogP) is 3.85. The fourth-order valence-corrected chi connectivity index (χ4v) is 2.95. The van der Waals surface area contributed by atoms with Gasteiger partial charge >= 0.3 is 6.03 Å². The van der Waals surface area contributed by atoms with E-state index in [2.05, 4.69) is 21.4 Å². The highest BCUT2D eigenvalue weighted by Gasteiger charge is 2.16. The van der Waals surface area contributed by atoms with Gasteiger partial charge in [0.1, 0.15) is 5.01 Å². The number of aromatic amines is 1. The number of carbonyl (C=O) groups is 1. The summed E-state index contributed by atoms with van der Waals surface area (Å²) >= 11 is 1.58. The molecule has 0 fully saturated rings. The Kier molecular flexibility index (Phi) is 3.85. The van der Waals surface area contributed by atoms with E-state index in [1.54, 1.807) is 29.5 Å². The zero-order valence-corrected chi connectivity index (χ0v) is 13.6. The molecule has 6 heteroatoms. The van der Waals surface area contributed by atoms with Crippen LogP contribution in [0, 0.1) is 0 Å². The lowest BCUT2D eigenvalue weighted by atomic mass is 10.2. The fourth-order valence-electron chi connectivity index (χ4n) is 2.34. The smallest absolute Gasteiger partial charge is 0.321 e. The number of aromatic nitrogens is 2. The second kappa shape index (κ2) is 5.81. The molecule has 0 aliphatic rings. The Morgan fingerprint density at radius 2 is 2.23 bits per heavy atom. The molecule has 3 aromatic rings. The number of nitrogens with one attached hydrogen (secondary N) is 2. The summed E-state index contributed by atoms with van der Waals surface area (Å²) in [5.74, 6) is 0. The van der Waals surface area contributed by atoms with Crippen LogP contribution in [-0.2, 0) is 0 Å². The third-order valence-electron chi connectivity index (χ3n) is 3.38. The highest BCUT2D eigenvalue weighted by atomic mass is 32.1. The molecule has 0 radical (unpaired) electrons. The van der Waals surface area contributed by atoms with Crippen molar-refractivity contribution in [2.24, 2.45) is 0 Å². The molecule has 3 rings (SSSR count). The SMILES string of the molecule is CC(C)NC(=O)N(C)c1cccc2cc(-c3nccs3)[nH]c12. The van der Waals surface area contributed by atoms with Gasteiger partial charge in [0.05, 0.1) is 16.9 Å². The van der Waals surface area contributed by atoms with Gasteiger partial charge in [-0.2, -0.15) is 0 Å². The molecule has 0 atom stereocenters. The van der Waals surface area contributed by atoms with Gasteiger partial charge in [0.25, 0.3) is 0 Å². The molecule has 1 aromatic carbocycles. The average Bonchev–Trinajstić information content (AvgIpc) is 3.13. The van der Waals surface area contributed by atoms with Gasteiger partial charge in [-0.1, -0.05) is 12.1 Å². The Bertz CT molecular complexity index is 792. The minimum absolute atomic E-state index is 0.101. The van der Waals surface area contributed by atoms with E-state index in [1.807, 2.05) is 37.4 Å². The molecular weight excluding hydrogens is 296 g/mol. The van der Waals surface area contributed by atoms with Crippen molar-refractivity contribution < 1.29 is 4.79 Å². The summed E-state index contributed by atoms with van der Waals surface area (Å²) in [6.45, 7) is 3.89. The lowest BCUT2D eigenvalue weighted by Gasteiger charge is -2.20. The number of amides is 2.